The topological polar surface area (TPSA) is 51.0 Å². The van der Waals surface area contributed by atoms with Gasteiger partial charge in [-0.05, 0) is 12.8 Å². The van der Waals surface area contributed by atoms with E-state index in [1.54, 1.807) is 4.57 Å². The van der Waals surface area contributed by atoms with Gasteiger partial charge in [-0.1, -0.05) is 12.8 Å². The van der Waals surface area contributed by atoms with Crippen LogP contribution in [0.15, 0.2) is 4.79 Å². The zero-order valence-corrected chi connectivity index (χ0v) is 9.52. The lowest BCUT2D eigenvalue weighted by molar-refractivity contribution is 0.630. The fraction of sp³-hybridized carbons (Fsp3) is 0.727. The Kier molecular flexibility index (Phi) is 2.19. The fourth-order valence-corrected chi connectivity index (χ4v) is 2.71. The molecule has 0 atom stereocenters. The van der Waals surface area contributed by atoms with Gasteiger partial charge >= 0.3 is 0 Å². The zero-order valence-electron chi connectivity index (χ0n) is 9.52. The Hall–Kier alpha value is -1.39. The predicted octanol–water partition coefficient (Wildman–Crippen LogP) is 0.746. The average molecular weight is 220 g/mol. The van der Waals surface area contributed by atoms with Crippen LogP contribution in [0.1, 0.15) is 37.3 Å². The van der Waals surface area contributed by atoms with Crippen LogP contribution in [0, 0.1) is 0 Å². The molecule has 1 aliphatic heterocycles. The summed E-state index contributed by atoms with van der Waals surface area (Å²) < 4.78 is 1.76. The highest BCUT2D eigenvalue weighted by Gasteiger charge is 2.26. The van der Waals surface area contributed by atoms with E-state index in [0.29, 0.717) is 17.6 Å². The first-order valence-corrected chi connectivity index (χ1v) is 5.96. The lowest BCUT2D eigenvalue weighted by atomic mass is 10.1. The summed E-state index contributed by atoms with van der Waals surface area (Å²) in [5.41, 5.74) is 0.776. The number of likely N-dealkylation sites (N-methyl/N-ethyl adjacent to an activating group) is 1. The third kappa shape index (κ3) is 1.34. The molecule has 0 amide bonds. The molecule has 2 heterocycles. The maximum atomic E-state index is 12.2. The molecule has 1 aliphatic carbocycles. The number of nitrogens with zero attached hydrogens (tertiary/aromatic N) is 4. The van der Waals surface area contributed by atoms with Gasteiger partial charge in [0.1, 0.15) is 5.69 Å². The molecule has 5 nitrogen and oxygen atoms in total. The first-order chi connectivity index (χ1) is 7.77. The lowest BCUT2D eigenvalue weighted by Crippen LogP contribution is -2.27. The number of aromatic nitrogens is 3. The quantitative estimate of drug-likeness (QED) is 0.700. The van der Waals surface area contributed by atoms with Crippen LogP contribution in [0.3, 0.4) is 0 Å². The number of fused-ring (bicyclic) bond motifs is 1. The van der Waals surface area contributed by atoms with E-state index in [0.717, 1.165) is 25.9 Å². The van der Waals surface area contributed by atoms with Gasteiger partial charge in [0.25, 0.3) is 5.56 Å². The summed E-state index contributed by atoms with van der Waals surface area (Å²) in [5, 5.41) is 8.34. The van der Waals surface area contributed by atoms with E-state index in [-0.39, 0.29) is 5.56 Å². The standard InChI is InChI=1S/C11H16N4O/c1-14-6-7-15-10(16)9(12-13-11(14)15)8-4-2-3-5-8/h8H,2-7H2,1H3. The molecule has 1 aromatic heterocycles. The summed E-state index contributed by atoms with van der Waals surface area (Å²) in [6.07, 6.45) is 4.62. The lowest BCUT2D eigenvalue weighted by Gasteiger charge is -2.11. The molecular weight excluding hydrogens is 204 g/mol. The third-order valence-electron chi connectivity index (χ3n) is 3.70. The summed E-state index contributed by atoms with van der Waals surface area (Å²) in [7, 11) is 1.95. The van der Waals surface area contributed by atoms with Crippen molar-refractivity contribution in [1.82, 2.24) is 14.8 Å². The smallest absolute Gasteiger partial charge is 0.277 e. The third-order valence-corrected chi connectivity index (χ3v) is 3.70. The molecule has 86 valence electrons. The minimum absolute atomic E-state index is 0.0845. The number of anilines is 1. The summed E-state index contributed by atoms with van der Waals surface area (Å²) in [6.45, 7) is 1.61. The van der Waals surface area contributed by atoms with E-state index >= 15 is 0 Å². The Balaban J connectivity index is 2.05. The van der Waals surface area contributed by atoms with Crippen LogP contribution in [0.5, 0.6) is 0 Å². The number of hydrogen-bond donors (Lipinski definition) is 0. The molecule has 3 rings (SSSR count). The fourth-order valence-electron chi connectivity index (χ4n) is 2.71. The molecule has 1 saturated carbocycles. The highest BCUT2D eigenvalue weighted by Crippen LogP contribution is 2.31. The van der Waals surface area contributed by atoms with Crippen LogP contribution in [0.25, 0.3) is 0 Å². The summed E-state index contributed by atoms with van der Waals surface area (Å²) in [4.78, 5) is 14.2. The first-order valence-electron chi connectivity index (χ1n) is 5.96. The highest BCUT2D eigenvalue weighted by atomic mass is 16.1. The molecule has 1 fully saturated rings. The molecule has 5 heteroatoms. The van der Waals surface area contributed by atoms with Gasteiger partial charge in [0.05, 0.1) is 0 Å². The minimum atomic E-state index is 0.0845. The molecule has 16 heavy (non-hydrogen) atoms. The summed E-state index contributed by atoms with van der Waals surface area (Å²) >= 11 is 0. The van der Waals surface area contributed by atoms with Crippen molar-refractivity contribution in [2.75, 3.05) is 18.5 Å². The maximum absolute atomic E-state index is 12.2. The second-order valence-corrected chi connectivity index (χ2v) is 4.74. The minimum Gasteiger partial charge on any atom is -0.342 e. The van der Waals surface area contributed by atoms with Crippen molar-refractivity contribution in [3.63, 3.8) is 0 Å². The van der Waals surface area contributed by atoms with Crippen LogP contribution in [0.2, 0.25) is 0 Å². The molecule has 1 aromatic rings. The number of rotatable bonds is 1. The van der Waals surface area contributed by atoms with Crippen LogP contribution in [-0.2, 0) is 6.54 Å². The first kappa shape index (κ1) is 9.81. The van der Waals surface area contributed by atoms with Crippen molar-refractivity contribution in [1.29, 1.82) is 0 Å². The van der Waals surface area contributed by atoms with Gasteiger partial charge in [-0.2, -0.15) is 0 Å². The molecule has 0 saturated heterocycles. The molecule has 2 aliphatic rings. The zero-order chi connectivity index (χ0) is 11.1. The average Bonchev–Trinajstić information content (AvgIpc) is 2.90. The van der Waals surface area contributed by atoms with Gasteiger partial charge in [-0.25, -0.2) is 0 Å². The van der Waals surface area contributed by atoms with Crippen molar-refractivity contribution in [2.24, 2.45) is 0 Å². The Morgan fingerprint density at radius 2 is 1.94 bits per heavy atom. The van der Waals surface area contributed by atoms with Gasteiger partial charge in [0, 0.05) is 26.1 Å². The predicted molar refractivity (Wildman–Crippen MR) is 60.8 cm³/mol. The van der Waals surface area contributed by atoms with Crippen LogP contribution < -0.4 is 10.5 Å². The van der Waals surface area contributed by atoms with Crippen LogP contribution in [0.4, 0.5) is 5.95 Å². The second-order valence-electron chi connectivity index (χ2n) is 4.74. The SMILES string of the molecule is CN1CCn2c1nnc(C1CCCC1)c2=O. The molecule has 0 unspecified atom stereocenters. The highest BCUT2D eigenvalue weighted by molar-refractivity contribution is 5.32. The molecule has 0 aromatic carbocycles. The van der Waals surface area contributed by atoms with Gasteiger partial charge in [-0.3, -0.25) is 9.36 Å². The Bertz CT molecular complexity index is 462. The largest absolute Gasteiger partial charge is 0.342 e. The van der Waals surface area contributed by atoms with Gasteiger partial charge in [-0.15, -0.1) is 10.2 Å². The normalized spacial score (nSPS) is 20.4. The van der Waals surface area contributed by atoms with E-state index < -0.39 is 0 Å². The summed E-state index contributed by atoms with van der Waals surface area (Å²) in [5.74, 6) is 1.07. The molecule has 0 N–H and O–H groups in total. The van der Waals surface area contributed by atoms with Crippen molar-refractivity contribution in [3.05, 3.63) is 16.0 Å². The monoisotopic (exact) mass is 220 g/mol. The molecule has 0 radical (unpaired) electrons. The van der Waals surface area contributed by atoms with Crippen molar-refractivity contribution in [3.8, 4) is 0 Å². The van der Waals surface area contributed by atoms with Crippen molar-refractivity contribution >= 4 is 5.95 Å². The Labute approximate surface area is 94.1 Å². The van der Waals surface area contributed by atoms with Gasteiger partial charge < -0.3 is 4.90 Å². The number of hydrogen-bond acceptors (Lipinski definition) is 4. The Morgan fingerprint density at radius 1 is 1.19 bits per heavy atom. The second kappa shape index (κ2) is 3.57. The van der Waals surface area contributed by atoms with Gasteiger partial charge in [0.15, 0.2) is 0 Å². The molecule has 0 bridgehead atoms. The Morgan fingerprint density at radius 3 is 2.69 bits per heavy atom. The van der Waals surface area contributed by atoms with Crippen molar-refractivity contribution in [2.45, 2.75) is 38.1 Å². The summed E-state index contributed by atoms with van der Waals surface area (Å²) in [6, 6.07) is 0. The molecular formula is C11H16N4O. The van der Waals surface area contributed by atoms with E-state index in [1.165, 1.54) is 12.8 Å². The maximum Gasteiger partial charge on any atom is 0.277 e. The van der Waals surface area contributed by atoms with E-state index in [9.17, 15) is 4.79 Å². The van der Waals surface area contributed by atoms with Crippen molar-refractivity contribution < 1.29 is 0 Å². The van der Waals surface area contributed by atoms with E-state index in [2.05, 4.69) is 10.2 Å². The van der Waals surface area contributed by atoms with Crippen LogP contribution >= 0.6 is 0 Å². The van der Waals surface area contributed by atoms with E-state index in [4.69, 9.17) is 0 Å². The van der Waals surface area contributed by atoms with Crippen LogP contribution in [-0.4, -0.2) is 28.4 Å². The molecule has 0 spiro atoms. The van der Waals surface area contributed by atoms with E-state index in [1.807, 2.05) is 11.9 Å². The van der Waals surface area contributed by atoms with Gasteiger partial charge in [0.2, 0.25) is 5.95 Å².